The number of fused-ring (bicyclic) bond motifs is 2. The molecule has 6 nitrogen and oxygen atoms in total. The summed E-state index contributed by atoms with van der Waals surface area (Å²) in [5.74, 6) is 2.48. The van der Waals surface area contributed by atoms with Crippen molar-refractivity contribution in [2.75, 3.05) is 19.2 Å². The summed E-state index contributed by atoms with van der Waals surface area (Å²) in [6.07, 6.45) is 0. The third kappa shape index (κ3) is 3.90. The third-order valence-corrected chi connectivity index (χ3v) is 5.31. The highest BCUT2D eigenvalue weighted by Crippen LogP contribution is 2.34. The van der Waals surface area contributed by atoms with Gasteiger partial charge in [-0.25, -0.2) is 0 Å². The first kappa shape index (κ1) is 19.8. The predicted octanol–water partition coefficient (Wildman–Crippen LogP) is 5.41. The van der Waals surface area contributed by atoms with Gasteiger partial charge in [0.25, 0.3) is 5.91 Å². The van der Waals surface area contributed by atoms with Crippen molar-refractivity contribution in [2.45, 2.75) is 6.61 Å². The van der Waals surface area contributed by atoms with Gasteiger partial charge in [-0.3, -0.25) is 4.79 Å². The largest absolute Gasteiger partial charge is 0.496 e. The average Bonchev–Trinajstić information content (AvgIpc) is 3.30. The molecular weight excluding hydrogens is 406 g/mol. The Morgan fingerprint density at radius 3 is 2.66 bits per heavy atom. The summed E-state index contributed by atoms with van der Waals surface area (Å²) in [7, 11) is 1.60. The highest BCUT2D eigenvalue weighted by molar-refractivity contribution is 6.04. The zero-order valence-electron chi connectivity index (χ0n) is 17.5. The lowest BCUT2D eigenvalue weighted by molar-refractivity contribution is 0.102. The van der Waals surface area contributed by atoms with Gasteiger partial charge in [0.2, 0.25) is 6.79 Å². The van der Waals surface area contributed by atoms with Crippen LogP contribution >= 0.6 is 0 Å². The Bertz CT molecular complexity index is 1300. The first-order valence-electron chi connectivity index (χ1n) is 10.2. The molecule has 0 atom stereocenters. The van der Waals surface area contributed by atoms with Gasteiger partial charge in [-0.2, -0.15) is 0 Å². The number of rotatable bonds is 6. The van der Waals surface area contributed by atoms with Gasteiger partial charge >= 0.3 is 0 Å². The van der Waals surface area contributed by atoms with Crippen LogP contribution in [0.15, 0.2) is 78.9 Å². The maximum Gasteiger partial charge on any atom is 0.255 e. The van der Waals surface area contributed by atoms with E-state index in [1.54, 1.807) is 43.5 Å². The number of amides is 1. The van der Waals surface area contributed by atoms with E-state index >= 15 is 0 Å². The summed E-state index contributed by atoms with van der Waals surface area (Å²) < 4.78 is 22.3. The molecule has 0 unspecified atom stereocenters. The SMILES string of the molecule is COc1ccc(C(=O)Nc2ccc3c(c2)OCO3)cc1COc1cccc2ccccc12. The maximum absolute atomic E-state index is 12.9. The summed E-state index contributed by atoms with van der Waals surface area (Å²) in [6, 6.07) is 24.6. The van der Waals surface area contributed by atoms with Crippen LogP contribution in [0.1, 0.15) is 15.9 Å². The lowest BCUT2D eigenvalue weighted by atomic mass is 10.1. The molecule has 160 valence electrons. The van der Waals surface area contributed by atoms with Gasteiger partial charge in [-0.05, 0) is 41.8 Å². The molecule has 0 spiro atoms. The van der Waals surface area contributed by atoms with Gasteiger partial charge in [-0.15, -0.1) is 0 Å². The lowest BCUT2D eigenvalue weighted by Gasteiger charge is -2.14. The van der Waals surface area contributed by atoms with Crippen molar-refractivity contribution in [1.82, 2.24) is 0 Å². The maximum atomic E-state index is 12.9. The van der Waals surface area contributed by atoms with Gasteiger partial charge in [0.05, 0.1) is 7.11 Å². The van der Waals surface area contributed by atoms with E-state index in [4.69, 9.17) is 18.9 Å². The van der Waals surface area contributed by atoms with E-state index in [0.29, 0.717) is 28.5 Å². The van der Waals surface area contributed by atoms with Crippen LogP contribution in [0.5, 0.6) is 23.0 Å². The minimum absolute atomic E-state index is 0.186. The Hall–Kier alpha value is -4.19. The van der Waals surface area contributed by atoms with Crippen LogP contribution in [0.3, 0.4) is 0 Å². The van der Waals surface area contributed by atoms with E-state index < -0.39 is 0 Å². The van der Waals surface area contributed by atoms with Crippen LogP contribution in [-0.4, -0.2) is 19.8 Å². The van der Waals surface area contributed by atoms with Crippen LogP contribution < -0.4 is 24.3 Å². The summed E-state index contributed by atoms with van der Waals surface area (Å²) in [6.45, 7) is 0.452. The smallest absolute Gasteiger partial charge is 0.255 e. The molecule has 6 heteroatoms. The Balaban J connectivity index is 1.35. The second-order valence-electron chi connectivity index (χ2n) is 7.31. The van der Waals surface area contributed by atoms with Crippen molar-refractivity contribution >= 4 is 22.4 Å². The zero-order chi connectivity index (χ0) is 21.9. The quantitative estimate of drug-likeness (QED) is 0.446. The molecule has 0 bridgehead atoms. The topological polar surface area (TPSA) is 66.0 Å². The van der Waals surface area contributed by atoms with Crippen molar-refractivity contribution < 1.29 is 23.7 Å². The number of ether oxygens (including phenoxy) is 4. The lowest BCUT2D eigenvalue weighted by Crippen LogP contribution is -2.13. The van der Waals surface area contributed by atoms with Gasteiger partial charge < -0.3 is 24.3 Å². The van der Waals surface area contributed by atoms with Crippen molar-refractivity contribution in [3.05, 3.63) is 90.0 Å². The second kappa shape index (κ2) is 8.51. The number of benzene rings is 4. The van der Waals surface area contributed by atoms with Crippen LogP contribution in [0.2, 0.25) is 0 Å². The van der Waals surface area contributed by atoms with E-state index in [2.05, 4.69) is 5.32 Å². The monoisotopic (exact) mass is 427 g/mol. The van der Waals surface area contributed by atoms with Crippen LogP contribution in [-0.2, 0) is 6.61 Å². The van der Waals surface area contributed by atoms with Gasteiger partial charge in [0.1, 0.15) is 18.1 Å². The van der Waals surface area contributed by atoms with Gasteiger partial charge in [0, 0.05) is 28.3 Å². The van der Waals surface area contributed by atoms with E-state index in [1.165, 1.54) is 0 Å². The van der Waals surface area contributed by atoms with E-state index in [0.717, 1.165) is 22.1 Å². The highest BCUT2D eigenvalue weighted by Gasteiger charge is 2.16. The molecule has 1 aliphatic rings. The Morgan fingerprint density at radius 2 is 1.75 bits per heavy atom. The number of anilines is 1. The van der Waals surface area contributed by atoms with Gasteiger partial charge in [-0.1, -0.05) is 36.4 Å². The fourth-order valence-electron chi connectivity index (χ4n) is 3.69. The van der Waals surface area contributed by atoms with Crippen LogP contribution in [0.25, 0.3) is 10.8 Å². The average molecular weight is 427 g/mol. The second-order valence-corrected chi connectivity index (χ2v) is 7.31. The number of carbonyl (C=O) groups excluding carboxylic acids is 1. The highest BCUT2D eigenvalue weighted by atomic mass is 16.7. The van der Waals surface area contributed by atoms with Gasteiger partial charge in [0.15, 0.2) is 11.5 Å². The third-order valence-electron chi connectivity index (χ3n) is 5.31. The molecule has 0 fully saturated rings. The molecule has 0 saturated heterocycles. The van der Waals surface area contributed by atoms with Crippen LogP contribution in [0.4, 0.5) is 5.69 Å². The molecule has 1 amide bonds. The Labute approximate surface area is 185 Å². The summed E-state index contributed by atoms with van der Waals surface area (Å²) >= 11 is 0. The standard InChI is InChI=1S/C26H21NO5/c1-29-22-11-9-18(26(28)27-20-10-12-24-25(14-20)32-16-31-24)13-19(22)15-30-23-8-4-6-17-5-2-3-7-21(17)23/h2-14H,15-16H2,1H3,(H,27,28). The predicted molar refractivity (Wildman–Crippen MR) is 122 cm³/mol. The number of hydrogen-bond donors (Lipinski definition) is 1. The normalized spacial score (nSPS) is 11.9. The van der Waals surface area contributed by atoms with Crippen LogP contribution in [0, 0.1) is 0 Å². The molecule has 0 aromatic heterocycles. The molecule has 0 saturated carbocycles. The van der Waals surface area contributed by atoms with Crippen molar-refractivity contribution in [1.29, 1.82) is 0 Å². The molecule has 1 heterocycles. The number of methoxy groups -OCH3 is 1. The van der Waals surface area contributed by atoms with E-state index in [-0.39, 0.29) is 19.3 Å². The van der Waals surface area contributed by atoms with E-state index in [9.17, 15) is 4.79 Å². The first-order valence-corrected chi connectivity index (χ1v) is 10.2. The molecular formula is C26H21NO5. The fraction of sp³-hybridized carbons (Fsp3) is 0.115. The van der Waals surface area contributed by atoms with E-state index in [1.807, 2.05) is 42.5 Å². The molecule has 5 rings (SSSR count). The summed E-state index contributed by atoms with van der Waals surface area (Å²) in [5.41, 5.74) is 1.90. The number of hydrogen-bond acceptors (Lipinski definition) is 5. The summed E-state index contributed by atoms with van der Waals surface area (Å²) in [5, 5.41) is 5.03. The molecule has 4 aromatic rings. The van der Waals surface area contributed by atoms with Crippen molar-refractivity contribution in [2.24, 2.45) is 0 Å². The Kier molecular flexibility index (Phi) is 5.25. The molecule has 1 N–H and O–H groups in total. The Morgan fingerprint density at radius 1 is 0.906 bits per heavy atom. The molecule has 0 aliphatic carbocycles. The molecule has 4 aromatic carbocycles. The molecule has 32 heavy (non-hydrogen) atoms. The molecule has 1 aliphatic heterocycles. The fourth-order valence-corrected chi connectivity index (χ4v) is 3.69. The minimum atomic E-state index is -0.238. The van der Waals surface area contributed by atoms with Crippen molar-refractivity contribution in [3.8, 4) is 23.0 Å². The molecule has 0 radical (unpaired) electrons. The van der Waals surface area contributed by atoms with Crippen molar-refractivity contribution in [3.63, 3.8) is 0 Å². The minimum Gasteiger partial charge on any atom is -0.496 e. The summed E-state index contributed by atoms with van der Waals surface area (Å²) in [4.78, 5) is 12.9. The first-order chi connectivity index (χ1) is 15.7. The zero-order valence-corrected chi connectivity index (χ0v) is 17.5. The number of carbonyl (C=O) groups is 1. The number of nitrogens with one attached hydrogen (secondary N) is 1.